The fourth-order valence-electron chi connectivity index (χ4n) is 3.76. The molecule has 1 N–H and O–H groups in total. The van der Waals surface area contributed by atoms with Crippen LogP contribution in [0.4, 0.5) is 0 Å². The van der Waals surface area contributed by atoms with Gasteiger partial charge in [-0.1, -0.05) is 44.2 Å². The van der Waals surface area contributed by atoms with Crippen LogP contribution < -0.4 is 10.1 Å². The Morgan fingerprint density at radius 1 is 1.03 bits per heavy atom. The molecule has 0 saturated heterocycles. The highest BCUT2D eigenvalue weighted by Crippen LogP contribution is 2.18. The Balaban J connectivity index is 1.55. The quantitative estimate of drug-likeness (QED) is 0.430. The van der Waals surface area contributed by atoms with Gasteiger partial charge < -0.3 is 14.6 Å². The van der Waals surface area contributed by atoms with Gasteiger partial charge in [0.2, 0.25) is 5.91 Å². The van der Waals surface area contributed by atoms with Gasteiger partial charge in [-0.3, -0.25) is 4.79 Å². The van der Waals surface area contributed by atoms with Gasteiger partial charge in [0.15, 0.2) is 0 Å². The average molecular weight is 408 g/mol. The molecule has 2 aromatic carbocycles. The molecule has 160 valence electrons. The molecule has 3 rings (SSSR count). The van der Waals surface area contributed by atoms with Crippen LogP contribution in [-0.2, 0) is 17.8 Å². The van der Waals surface area contributed by atoms with E-state index in [0.29, 0.717) is 13.2 Å². The summed E-state index contributed by atoms with van der Waals surface area (Å²) in [5, 5.41) is 3.08. The molecular formula is C25H33N3O2. The lowest BCUT2D eigenvalue weighted by atomic mass is 10.0. The maximum atomic E-state index is 12.2. The third-order valence-corrected chi connectivity index (χ3v) is 5.50. The van der Waals surface area contributed by atoms with Crippen molar-refractivity contribution in [2.75, 3.05) is 13.2 Å². The van der Waals surface area contributed by atoms with Gasteiger partial charge in [-0.05, 0) is 49.9 Å². The lowest BCUT2D eigenvalue weighted by molar-refractivity contribution is -0.125. The SMILES string of the molecule is CCC(CC)C(=O)NCCCc1nc2ccccc2n1CCCOc1ccccc1. The Bertz CT molecular complexity index is 917. The maximum Gasteiger partial charge on any atom is 0.223 e. The molecule has 1 amide bonds. The molecule has 0 aliphatic rings. The number of ether oxygens (including phenoxy) is 1. The largest absolute Gasteiger partial charge is 0.494 e. The van der Waals surface area contributed by atoms with Crippen molar-refractivity contribution in [1.82, 2.24) is 14.9 Å². The number of fused-ring (bicyclic) bond motifs is 1. The van der Waals surface area contributed by atoms with Crippen molar-refractivity contribution in [2.45, 2.75) is 52.5 Å². The summed E-state index contributed by atoms with van der Waals surface area (Å²) in [5.41, 5.74) is 2.19. The zero-order valence-electron chi connectivity index (χ0n) is 18.1. The summed E-state index contributed by atoms with van der Waals surface area (Å²) in [7, 11) is 0. The van der Waals surface area contributed by atoms with E-state index in [1.165, 1.54) is 0 Å². The molecule has 5 nitrogen and oxygen atoms in total. The number of imidazole rings is 1. The van der Waals surface area contributed by atoms with E-state index >= 15 is 0 Å². The van der Waals surface area contributed by atoms with Gasteiger partial charge in [-0.2, -0.15) is 0 Å². The second kappa shape index (κ2) is 11.4. The third kappa shape index (κ3) is 5.85. The van der Waals surface area contributed by atoms with Crippen LogP contribution in [0, 0.1) is 5.92 Å². The predicted molar refractivity (Wildman–Crippen MR) is 122 cm³/mol. The fourth-order valence-corrected chi connectivity index (χ4v) is 3.76. The molecule has 0 saturated carbocycles. The average Bonchev–Trinajstić information content (AvgIpc) is 3.13. The van der Waals surface area contributed by atoms with E-state index in [1.807, 2.05) is 36.4 Å². The highest BCUT2D eigenvalue weighted by atomic mass is 16.5. The summed E-state index contributed by atoms with van der Waals surface area (Å²) in [6.45, 7) is 6.36. The minimum absolute atomic E-state index is 0.124. The molecule has 5 heteroatoms. The minimum Gasteiger partial charge on any atom is -0.494 e. The smallest absolute Gasteiger partial charge is 0.223 e. The molecule has 0 unspecified atom stereocenters. The summed E-state index contributed by atoms with van der Waals surface area (Å²) in [4.78, 5) is 17.0. The Labute approximate surface area is 179 Å². The van der Waals surface area contributed by atoms with E-state index < -0.39 is 0 Å². The Hall–Kier alpha value is -2.82. The molecule has 0 aliphatic heterocycles. The van der Waals surface area contributed by atoms with Crippen LogP contribution in [0.5, 0.6) is 5.75 Å². The van der Waals surface area contributed by atoms with E-state index in [0.717, 1.165) is 61.3 Å². The number of nitrogens with one attached hydrogen (secondary N) is 1. The molecule has 0 spiro atoms. The predicted octanol–water partition coefficient (Wildman–Crippen LogP) is 4.99. The first-order valence-electron chi connectivity index (χ1n) is 11.1. The first kappa shape index (κ1) is 21.9. The van der Waals surface area contributed by atoms with Crippen LogP contribution in [0.2, 0.25) is 0 Å². The number of hydrogen-bond acceptors (Lipinski definition) is 3. The molecule has 0 radical (unpaired) electrons. The summed E-state index contributed by atoms with van der Waals surface area (Å²) >= 11 is 0. The fraction of sp³-hybridized carbons (Fsp3) is 0.440. The molecule has 1 heterocycles. The standard InChI is InChI=1S/C25H33N3O2/c1-3-20(4-2)25(29)26-17-10-16-24-27-22-14-8-9-15-23(22)28(24)18-11-19-30-21-12-6-5-7-13-21/h5-9,12-15,20H,3-4,10-11,16-19H2,1-2H3,(H,26,29). The van der Waals surface area contributed by atoms with Crippen molar-refractivity contribution < 1.29 is 9.53 Å². The van der Waals surface area contributed by atoms with Crippen LogP contribution in [-0.4, -0.2) is 28.6 Å². The number of aromatic nitrogens is 2. The second-order valence-electron chi connectivity index (χ2n) is 7.59. The lowest BCUT2D eigenvalue weighted by Gasteiger charge is -2.13. The Morgan fingerprint density at radius 3 is 2.53 bits per heavy atom. The summed E-state index contributed by atoms with van der Waals surface area (Å²) in [6, 6.07) is 18.2. The van der Waals surface area contributed by atoms with Crippen molar-refractivity contribution >= 4 is 16.9 Å². The monoisotopic (exact) mass is 407 g/mol. The summed E-state index contributed by atoms with van der Waals surface area (Å²) in [6.07, 6.45) is 4.42. The Kier molecular flexibility index (Phi) is 8.30. The first-order chi connectivity index (χ1) is 14.7. The zero-order valence-corrected chi connectivity index (χ0v) is 18.1. The van der Waals surface area contributed by atoms with Crippen molar-refractivity contribution in [3.8, 4) is 5.75 Å². The zero-order chi connectivity index (χ0) is 21.2. The van der Waals surface area contributed by atoms with Crippen LogP contribution in [0.1, 0.15) is 45.4 Å². The number of rotatable bonds is 12. The van der Waals surface area contributed by atoms with Crippen molar-refractivity contribution in [3.05, 3.63) is 60.4 Å². The number of carbonyl (C=O) groups is 1. The number of amides is 1. The lowest BCUT2D eigenvalue weighted by Crippen LogP contribution is -2.31. The van der Waals surface area contributed by atoms with E-state index in [2.05, 4.69) is 41.9 Å². The van der Waals surface area contributed by atoms with Crippen molar-refractivity contribution in [1.29, 1.82) is 0 Å². The molecular weight excluding hydrogens is 374 g/mol. The highest BCUT2D eigenvalue weighted by molar-refractivity contribution is 5.78. The van der Waals surface area contributed by atoms with E-state index in [9.17, 15) is 4.79 Å². The molecule has 0 atom stereocenters. The summed E-state index contributed by atoms with van der Waals surface area (Å²) < 4.78 is 8.14. The van der Waals surface area contributed by atoms with Gasteiger partial charge in [0.1, 0.15) is 11.6 Å². The maximum absolute atomic E-state index is 12.2. The van der Waals surface area contributed by atoms with Crippen LogP contribution >= 0.6 is 0 Å². The molecule has 0 aliphatic carbocycles. The minimum atomic E-state index is 0.124. The second-order valence-corrected chi connectivity index (χ2v) is 7.59. The van der Waals surface area contributed by atoms with Crippen molar-refractivity contribution in [2.24, 2.45) is 5.92 Å². The van der Waals surface area contributed by atoms with Gasteiger partial charge in [0.25, 0.3) is 0 Å². The number of nitrogens with zero attached hydrogens (tertiary/aromatic N) is 2. The normalized spacial score (nSPS) is 11.2. The number of benzene rings is 2. The number of para-hydroxylation sites is 3. The van der Waals surface area contributed by atoms with Gasteiger partial charge >= 0.3 is 0 Å². The topological polar surface area (TPSA) is 56.2 Å². The number of hydrogen-bond donors (Lipinski definition) is 1. The molecule has 0 bridgehead atoms. The van der Waals surface area contributed by atoms with Crippen LogP contribution in [0.25, 0.3) is 11.0 Å². The number of aryl methyl sites for hydroxylation is 2. The molecule has 1 aromatic heterocycles. The Morgan fingerprint density at radius 2 is 1.77 bits per heavy atom. The van der Waals surface area contributed by atoms with E-state index in [-0.39, 0.29) is 11.8 Å². The van der Waals surface area contributed by atoms with Crippen LogP contribution in [0.15, 0.2) is 54.6 Å². The molecule has 0 fully saturated rings. The van der Waals surface area contributed by atoms with Gasteiger partial charge in [0, 0.05) is 25.4 Å². The third-order valence-electron chi connectivity index (χ3n) is 5.50. The van der Waals surface area contributed by atoms with E-state index in [4.69, 9.17) is 9.72 Å². The first-order valence-corrected chi connectivity index (χ1v) is 11.1. The van der Waals surface area contributed by atoms with Crippen molar-refractivity contribution in [3.63, 3.8) is 0 Å². The molecule has 3 aromatic rings. The van der Waals surface area contributed by atoms with E-state index in [1.54, 1.807) is 0 Å². The van der Waals surface area contributed by atoms with Gasteiger partial charge in [-0.15, -0.1) is 0 Å². The highest BCUT2D eigenvalue weighted by Gasteiger charge is 2.14. The summed E-state index contributed by atoms with van der Waals surface area (Å²) in [5.74, 6) is 2.28. The van der Waals surface area contributed by atoms with Gasteiger partial charge in [0.05, 0.1) is 17.6 Å². The number of carbonyl (C=O) groups excluding carboxylic acids is 1. The molecule has 30 heavy (non-hydrogen) atoms. The van der Waals surface area contributed by atoms with Gasteiger partial charge in [-0.25, -0.2) is 4.98 Å². The van der Waals surface area contributed by atoms with Crippen LogP contribution in [0.3, 0.4) is 0 Å².